The van der Waals surface area contributed by atoms with E-state index in [2.05, 4.69) is 10.3 Å². The number of para-hydroxylation sites is 1. The highest BCUT2D eigenvalue weighted by Gasteiger charge is 2.24. The van der Waals surface area contributed by atoms with Crippen LogP contribution in [0.4, 0.5) is 10.8 Å². The standard InChI is InChI=1S/C18H19ClN4O3S/c1-22(10-15(24)21-14-6-3-2-5-13(14)19)17(26)9-12-11-27-18(20-12)23-8-4-7-16(23)25/h2-3,5-6,11H,4,7-10H2,1H3,(H,21,24). The molecule has 2 aromatic rings. The second-order valence-corrected chi connectivity index (χ2v) is 7.47. The fraction of sp³-hybridized carbons (Fsp3) is 0.333. The molecule has 1 N–H and O–H groups in total. The minimum absolute atomic E-state index is 0.0654. The van der Waals surface area contributed by atoms with Crippen LogP contribution in [0.1, 0.15) is 18.5 Å². The Hall–Kier alpha value is -2.45. The smallest absolute Gasteiger partial charge is 0.244 e. The van der Waals surface area contributed by atoms with Crippen molar-refractivity contribution in [2.75, 3.05) is 30.4 Å². The summed E-state index contributed by atoms with van der Waals surface area (Å²) in [5, 5.41) is 5.52. The summed E-state index contributed by atoms with van der Waals surface area (Å²) in [5.41, 5.74) is 1.10. The van der Waals surface area contributed by atoms with Crippen molar-refractivity contribution < 1.29 is 14.4 Å². The van der Waals surface area contributed by atoms with E-state index in [-0.39, 0.29) is 30.7 Å². The predicted octanol–water partition coefficient (Wildman–Crippen LogP) is 2.56. The van der Waals surface area contributed by atoms with Crippen molar-refractivity contribution in [1.29, 1.82) is 0 Å². The fourth-order valence-corrected chi connectivity index (χ4v) is 3.75. The number of thiazole rings is 1. The molecule has 0 spiro atoms. The number of carbonyl (C=O) groups excluding carboxylic acids is 3. The SMILES string of the molecule is CN(CC(=O)Nc1ccccc1Cl)C(=O)Cc1csc(N2CCCC2=O)n1. The van der Waals surface area contributed by atoms with Crippen LogP contribution in [-0.2, 0) is 20.8 Å². The molecule has 1 saturated heterocycles. The molecule has 0 unspecified atom stereocenters. The van der Waals surface area contributed by atoms with Gasteiger partial charge in [-0.15, -0.1) is 11.3 Å². The number of halogens is 1. The molecule has 9 heteroatoms. The van der Waals surface area contributed by atoms with Gasteiger partial charge in [0.1, 0.15) is 0 Å². The van der Waals surface area contributed by atoms with Crippen LogP contribution in [0.5, 0.6) is 0 Å². The van der Waals surface area contributed by atoms with E-state index >= 15 is 0 Å². The second-order valence-electron chi connectivity index (χ2n) is 6.22. The molecule has 0 atom stereocenters. The monoisotopic (exact) mass is 406 g/mol. The molecule has 1 aliphatic rings. The predicted molar refractivity (Wildman–Crippen MR) is 105 cm³/mol. The maximum atomic E-state index is 12.4. The largest absolute Gasteiger partial charge is 0.336 e. The third kappa shape index (κ3) is 4.84. The number of amides is 3. The Labute approximate surface area is 165 Å². The van der Waals surface area contributed by atoms with Crippen molar-refractivity contribution in [3.05, 3.63) is 40.4 Å². The van der Waals surface area contributed by atoms with Crippen molar-refractivity contribution in [2.24, 2.45) is 0 Å². The zero-order valence-electron chi connectivity index (χ0n) is 14.8. The average Bonchev–Trinajstić information content (AvgIpc) is 3.25. The van der Waals surface area contributed by atoms with Gasteiger partial charge in [-0.2, -0.15) is 0 Å². The highest BCUT2D eigenvalue weighted by Crippen LogP contribution is 2.25. The van der Waals surface area contributed by atoms with Crippen LogP contribution < -0.4 is 10.2 Å². The lowest BCUT2D eigenvalue weighted by atomic mass is 10.3. The van der Waals surface area contributed by atoms with Crippen LogP contribution in [0, 0.1) is 0 Å². The first-order valence-electron chi connectivity index (χ1n) is 8.47. The van der Waals surface area contributed by atoms with Gasteiger partial charge >= 0.3 is 0 Å². The summed E-state index contributed by atoms with van der Waals surface area (Å²) in [6.07, 6.45) is 1.45. The van der Waals surface area contributed by atoms with Crippen molar-refractivity contribution in [1.82, 2.24) is 9.88 Å². The highest BCUT2D eigenvalue weighted by atomic mass is 35.5. The third-order valence-corrected chi connectivity index (χ3v) is 5.37. The Bertz CT molecular complexity index is 870. The summed E-state index contributed by atoms with van der Waals surface area (Å²) in [5.74, 6) is -0.495. The van der Waals surface area contributed by atoms with Gasteiger partial charge in [0.15, 0.2) is 5.13 Å². The lowest BCUT2D eigenvalue weighted by Gasteiger charge is -2.16. The van der Waals surface area contributed by atoms with Crippen molar-refractivity contribution >= 4 is 51.5 Å². The molecule has 3 amide bonds. The first-order valence-corrected chi connectivity index (χ1v) is 9.73. The minimum atomic E-state index is -0.333. The average molecular weight is 407 g/mol. The van der Waals surface area contributed by atoms with Crippen LogP contribution in [0.3, 0.4) is 0 Å². The molecule has 0 saturated carbocycles. The van der Waals surface area contributed by atoms with Crippen molar-refractivity contribution in [3.8, 4) is 0 Å². The van der Waals surface area contributed by atoms with E-state index in [1.807, 2.05) is 0 Å². The Morgan fingerprint density at radius 1 is 1.37 bits per heavy atom. The van der Waals surface area contributed by atoms with Crippen LogP contribution >= 0.6 is 22.9 Å². The van der Waals surface area contributed by atoms with Crippen LogP contribution in [0.2, 0.25) is 5.02 Å². The molecule has 1 aliphatic heterocycles. The number of likely N-dealkylation sites (N-methyl/N-ethyl adjacent to an activating group) is 1. The first-order chi connectivity index (χ1) is 12.9. The van der Waals surface area contributed by atoms with Gasteiger partial charge in [-0.1, -0.05) is 23.7 Å². The normalized spacial score (nSPS) is 13.7. The number of rotatable bonds is 6. The third-order valence-electron chi connectivity index (χ3n) is 4.13. The van der Waals surface area contributed by atoms with Gasteiger partial charge in [-0.3, -0.25) is 19.3 Å². The molecule has 0 bridgehead atoms. The Morgan fingerprint density at radius 3 is 2.85 bits per heavy atom. The molecular weight excluding hydrogens is 388 g/mol. The molecule has 0 aliphatic carbocycles. The summed E-state index contributed by atoms with van der Waals surface area (Å²) in [6.45, 7) is 0.577. The van der Waals surface area contributed by atoms with Gasteiger partial charge in [-0.05, 0) is 18.6 Å². The van der Waals surface area contributed by atoms with E-state index in [1.165, 1.54) is 16.2 Å². The van der Waals surface area contributed by atoms with E-state index in [9.17, 15) is 14.4 Å². The summed E-state index contributed by atoms with van der Waals surface area (Å²) < 4.78 is 0. The van der Waals surface area contributed by atoms with Gasteiger partial charge in [0.25, 0.3) is 0 Å². The molecule has 1 fully saturated rings. The molecule has 7 nitrogen and oxygen atoms in total. The highest BCUT2D eigenvalue weighted by molar-refractivity contribution is 7.14. The van der Waals surface area contributed by atoms with Crippen LogP contribution in [0.25, 0.3) is 0 Å². The maximum Gasteiger partial charge on any atom is 0.244 e. The summed E-state index contributed by atoms with van der Waals surface area (Å²) >= 11 is 7.36. The first kappa shape index (κ1) is 19.3. The molecular formula is C18H19ClN4O3S. The number of nitrogens with zero attached hydrogens (tertiary/aromatic N) is 3. The Kier molecular flexibility index (Phi) is 6.08. The van der Waals surface area contributed by atoms with Crippen LogP contribution in [-0.4, -0.2) is 47.7 Å². The lowest BCUT2D eigenvalue weighted by Crippen LogP contribution is -2.36. The molecule has 1 aromatic heterocycles. The number of nitrogens with one attached hydrogen (secondary N) is 1. The fourth-order valence-electron chi connectivity index (χ4n) is 2.70. The molecule has 142 valence electrons. The lowest BCUT2D eigenvalue weighted by molar-refractivity contribution is -0.132. The van der Waals surface area contributed by atoms with Crippen molar-refractivity contribution in [3.63, 3.8) is 0 Å². The van der Waals surface area contributed by atoms with E-state index < -0.39 is 0 Å². The minimum Gasteiger partial charge on any atom is -0.336 e. The Morgan fingerprint density at radius 2 is 2.15 bits per heavy atom. The summed E-state index contributed by atoms with van der Waals surface area (Å²) in [4.78, 5) is 43.6. The topological polar surface area (TPSA) is 82.6 Å². The number of hydrogen-bond donors (Lipinski definition) is 1. The summed E-state index contributed by atoms with van der Waals surface area (Å²) in [7, 11) is 1.56. The number of carbonyl (C=O) groups is 3. The van der Waals surface area contributed by atoms with Gasteiger partial charge in [0.05, 0.1) is 29.4 Å². The van der Waals surface area contributed by atoms with Gasteiger partial charge < -0.3 is 10.2 Å². The van der Waals surface area contributed by atoms with E-state index in [1.54, 1.807) is 41.6 Å². The molecule has 2 heterocycles. The molecule has 0 radical (unpaired) electrons. The van der Waals surface area contributed by atoms with Crippen LogP contribution in [0.15, 0.2) is 29.6 Å². The zero-order valence-corrected chi connectivity index (χ0v) is 16.3. The molecule has 3 rings (SSSR count). The maximum absolute atomic E-state index is 12.4. The quantitative estimate of drug-likeness (QED) is 0.799. The zero-order chi connectivity index (χ0) is 19.4. The summed E-state index contributed by atoms with van der Waals surface area (Å²) in [6, 6.07) is 6.91. The number of benzene rings is 1. The van der Waals surface area contributed by atoms with E-state index in [4.69, 9.17) is 11.6 Å². The molecule has 27 heavy (non-hydrogen) atoms. The van der Waals surface area contributed by atoms with E-state index in [0.717, 1.165) is 6.42 Å². The Balaban J connectivity index is 1.53. The number of aromatic nitrogens is 1. The second kappa shape index (κ2) is 8.49. The van der Waals surface area contributed by atoms with Crippen molar-refractivity contribution in [2.45, 2.75) is 19.3 Å². The number of anilines is 2. The molecule has 1 aromatic carbocycles. The van der Waals surface area contributed by atoms with Gasteiger partial charge in [0.2, 0.25) is 17.7 Å². The number of hydrogen-bond acceptors (Lipinski definition) is 5. The van der Waals surface area contributed by atoms with Gasteiger partial charge in [0, 0.05) is 25.4 Å². The van der Waals surface area contributed by atoms with Gasteiger partial charge in [-0.25, -0.2) is 4.98 Å². The van der Waals surface area contributed by atoms with E-state index in [0.29, 0.717) is 34.5 Å².